The van der Waals surface area contributed by atoms with Gasteiger partial charge in [0.25, 0.3) is 0 Å². The molecule has 72 valence electrons. The van der Waals surface area contributed by atoms with E-state index in [2.05, 4.69) is 36.4 Å². The average Bonchev–Trinajstić information content (AvgIpc) is 2.11. The molecule has 1 atom stereocenters. The van der Waals surface area contributed by atoms with Crippen molar-refractivity contribution in [2.75, 3.05) is 0 Å². The van der Waals surface area contributed by atoms with Crippen molar-refractivity contribution in [3.63, 3.8) is 0 Å². The Hall–Kier alpha value is 0.0400. The van der Waals surface area contributed by atoms with E-state index in [9.17, 15) is 0 Å². The predicted octanol–water partition coefficient (Wildman–Crippen LogP) is 4.12. The van der Waals surface area contributed by atoms with Gasteiger partial charge in [-0.05, 0) is 54.1 Å². The Labute approximate surface area is 97.6 Å². The fourth-order valence-electron chi connectivity index (χ4n) is 0.868. The predicted molar refractivity (Wildman–Crippen MR) is 64.6 cm³/mol. The van der Waals surface area contributed by atoms with Crippen molar-refractivity contribution in [3.8, 4) is 5.75 Å². The Bertz CT molecular complexity index is 288. The van der Waals surface area contributed by atoms with E-state index in [4.69, 9.17) is 16.3 Å². The highest BCUT2D eigenvalue weighted by Gasteiger charge is 2.05. The standard InChI is InChI=1S/C10H12ClIO/c1-3-7(2)13-10-6-8(11)4-5-9(10)12/h4-7H,3H2,1-2H3. The monoisotopic (exact) mass is 310 g/mol. The van der Waals surface area contributed by atoms with Crippen LogP contribution in [0.15, 0.2) is 18.2 Å². The van der Waals surface area contributed by atoms with E-state index < -0.39 is 0 Å². The third-order valence-electron chi connectivity index (χ3n) is 1.80. The molecule has 0 saturated carbocycles. The first kappa shape index (κ1) is 11.1. The van der Waals surface area contributed by atoms with E-state index in [0.29, 0.717) is 0 Å². The van der Waals surface area contributed by atoms with Crippen molar-refractivity contribution in [3.05, 3.63) is 26.8 Å². The summed E-state index contributed by atoms with van der Waals surface area (Å²) in [4.78, 5) is 0. The molecule has 0 saturated heterocycles. The maximum atomic E-state index is 5.86. The number of benzene rings is 1. The zero-order valence-electron chi connectivity index (χ0n) is 7.68. The molecule has 1 aromatic rings. The van der Waals surface area contributed by atoms with Crippen LogP contribution in [0, 0.1) is 3.57 Å². The van der Waals surface area contributed by atoms with Crippen LogP contribution in [-0.2, 0) is 0 Å². The van der Waals surface area contributed by atoms with Crippen molar-refractivity contribution in [1.29, 1.82) is 0 Å². The smallest absolute Gasteiger partial charge is 0.134 e. The van der Waals surface area contributed by atoms with E-state index >= 15 is 0 Å². The summed E-state index contributed by atoms with van der Waals surface area (Å²) in [7, 11) is 0. The maximum Gasteiger partial charge on any atom is 0.134 e. The zero-order chi connectivity index (χ0) is 9.84. The van der Waals surface area contributed by atoms with Gasteiger partial charge in [0.15, 0.2) is 0 Å². The molecule has 0 aliphatic carbocycles. The molecular formula is C10H12ClIO. The summed E-state index contributed by atoms with van der Waals surface area (Å²) in [5.74, 6) is 0.877. The molecule has 0 aliphatic heterocycles. The first-order valence-electron chi connectivity index (χ1n) is 4.25. The van der Waals surface area contributed by atoms with Crippen molar-refractivity contribution >= 4 is 34.2 Å². The van der Waals surface area contributed by atoms with Crippen molar-refractivity contribution in [2.45, 2.75) is 26.4 Å². The van der Waals surface area contributed by atoms with Gasteiger partial charge in [-0.2, -0.15) is 0 Å². The molecule has 1 unspecified atom stereocenters. The first-order valence-corrected chi connectivity index (χ1v) is 5.71. The molecule has 0 fully saturated rings. The highest BCUT2D eigenvalue weighted by Crippen LogP contribution is 2.25. The highest BCUT2D eigenvalue weighted by molar-refractivity contribution is 14.1. The second-order valence-electron chi connectivity index (χ2n) is 2.91. The van der Waals surface area contributed by atoms with Crippen molar-refractivity contribution in [1.82, 2.24) is 0 Å². The normalized spacial score (nSPS) is 12.6. The second kappa shape index (κ2) is 5.05. The van der Waals surface area contributed by atoms with E-state index in [1.807, 2.05) is 18.2 Å². The van der Waals surface area contributed by atoms with Crippen LogP contribution in [0.25, 0.3) is 0 Å². The number of hydrogen-bond acceptors (Lipinski definition) is 1. The number of hydrogen-bond donors (Lipinski definition) is 0. The molecule has 3 heteroatoms. The minimum atomic E-state index is 0.243. The third kappa shape index (κ3) is 3.35. The Kier molecular flexibility index (Phi) is 4.32. The molecule has 0 spiro atoms. The van der Waals surface area contributed by atoms with Crippen LogP contribution >= 0.6 is 34.2 Å². The fourth-order valence-corrected chi connectivity index (χ4v) is 1.49. The molecule has 1 aromatic carbocycles. The first-order chi connectivity index (χ1) is 6.13. The van der Waals surface area contributed by atoms with Gasteiger partial charge < -0.3 is 4.74 Å². The Morgan fingerprint density at radius 1 is 1.54 bits per heavy atom. The van der Waals surface area contributed by atoms with E-state index in [1.165, 1.54) is 0 Å². The SMILES string of the molecule is CCC(C)Oc1cc(Cl)ccc1I. The van der Waals surface area contributed by atoms with Crippen LogP contribution < -0.4 is 4.74 Å². The minimum absolute atomic E-state index is 0.243. The summed E-state index contributed by atoms with van der Waals surface area (Å²) in [6.07, 6.45) is 1.25. The van der Waals surface area contributed by atoms with Gasteiger partial charge in [-0.3, -0.25) is 0 Å². The molecule has 0 radical (unpaired) electrons. The summed E-state index contributed by atoms with van der Waals surface area (Å²) < 4.78 is 6.78. The summed E-state index contributed by atoms with van der Waals surface area (Å²) in [6, 6.07) is 5.68. The molecule has 0 heterocycles. The molecular weight excluding hydrogens is 298 g/mol. The van der Waals surface area contributed by atoms with E-state index in [-0.39, 0.29) is 6.10 Å². The molecule has 0 amide bonds. The van der Waals surface area contributed by atoms with Gasteiger partial charge in [0.2, 0.25) is 0 Å². The van der Waals surface area contributed by atoms with Gasteiger partial charge in [0.1, 0.15) is 5.75 Å². The lowest BCUT2D eigenvalue weighted by Gasteiger charge is -2.13. The van der Waals surface area contributed by atoms with E-state index in [1.54, 1.807) is 0 Å². The van der Waals surface area contributed by atoms with E-state index in [0.717, 1.165) is 20.8 Å². The number of halogens is 2. The number of ether oxygens (including phenoxy) is 1. The highest BCUT2D eigenvalue weighted by atomic mass is 127. The fraction of sp³-hybridized carbons (Fsp3) is 0.400. The van der Waals surface area contributed by atoms with Gasteiger partial charge >= 0.3 is 0 Å². The average molecular weight is 311 g/mol. The molecule has 0 bridgehead atoms. The molecule has 0 aromatic heterocycles. The Morgan fingerprint density at radius 3 is 2.85 bits per heavy atom. The summed E-state index contributed by atoms with van der Waals surface area (Å²) >= 11 is 8.10. The summed E-state index contributed by atoms with van der Waals surface area (Å²) in [5.41, 5.74) is 0. The Balaban J connectivity index is 2.81. The van der Waals surface area contributed by atoms with Crippen LogP contribution in [0.4, 0.5) is 0 Å². The van der Waals surface area contributed by atoms with Crippen LogP contribution in [-0.4, -0.2) is 6.10 Å². The molecule has 0 N–H and O–H groups in total. The van der Waals surface area contributed by atoms with Crippen LogP contribution in [0.3, 0.4) is 0 Å². The number of rotatable bonds is 3. The second-order valence-corrected chi connectivity index (χ2v) is 4.51. The molecule has 1 rings (SSSR count). The topological polar surface area (TPSA) is 9.23 Å². The maximum absolute atomic E-state index is 5.86. The van der Waals surface area contributed by atoms with Crippen LogP contribution in [0.5, 0.6) is 5.75 Å². The lowest BCUT2D eigenvalue weighted by molar-refractivity contribution is 0.216. The van der Waals surface area contributed by atoms with Crippen molar-refractivity contribution in [2.24, 2.45) is 0 Å². The Morgan fingerprint density at radius 2 is 2.23 bits per heavy atom. The lowest BCUT2D eigenvalue weighted by atomic mass is 10.3. The zero-order valence-corrected chi connectivity index (χ0v) is 10.6. The largest absolute Gasteiger partial charge is 0.490 e. The van der Waals surface area contributed by atoms with Gasteiger partial charge in [0, 0.05) is 5.02 Å². The quantitative estimate of drug-likeness (QED) is 0.763. The van der Waals surface area contributed by atoms with Crippen LogP contribution in [0.2, 0.25) is 5.02 Å². The van der Waals surface area contributed by atoms with Gasteiger partial charge in [-0.15, -0.1) is 0 Å². The molecule has 1 nitrogen and oxygen atoms in total. The molecule has 13 heavy (non-hydrogen) atoms. The third-order valence-corrected chi connectivity index (χ3v) is 2.92. The van der Waals surface area contributed by atoms with Gasteiger partial charge in [0.05, 0.1) is 9.67 Å². The lowest BCUT2D eigenvalue weighted by Crippen LogP contribution is -2.10. The summed E-state index contributed by atoms with van der Waals surface area (Å²) in [5, 5.41) is 0.721. The molecule has 0 aliphatic rings. The minimum Gasteiger partial charge on any atom is -0.490 e. The van der Waals surface area contributed by atoms with Crippen LogP contribution in [0.1, 0.15) is 20.3 Å². The van der Waals surface area contributed by atoms with Gasteiger partial charge in [-0.1, -0.05) is 18.5 Å². The van der Waals surface area contributed by atoms with Gasteiger partial charge in [-0.25, -0.2) is 0 Å². The summed E-state index contributed by atoms with van der Waals surface area (Å²) in [6.45, 7) is 4.15. The van der Waals surface area contributed by atoms with Crippen molar-refractivity contribution < 1.29 is 4.74 Å².